The second-order valence-corrected chi connectivity index (χ2v) is 7.54. The summed E-state index contributed by atoms with van der Waals surface area (Å²) in [5.41, 5.74) is 1.72. The number of ether oxygens (including phenoxy) is 2. The number of fused-ring (bicyclic) bond motifs is 5. The lowest BCUT2D eigenvalue weighted by molar-refractivity contribution is 0.247. The van der Waals surface area contributed by atoms with E-state index in [0.717, 1.165) is 30.7 Å². The van der Waals surface area contributed by atoms with E-state index in [1.165, 1.54) is 25.3 Å². The summed E-state index contributed by atoms with van der Waals surface area (Å²) in [5.74, 6) is 0.198. The van der Waals surface area contributed by atoms with Crippen LogP contribution in [0.3, 0.4) is 0 Å². The number of methoxy groups -OCH3 is 1. The zero-order valence-electron chi connectivity index (χ0n) is 15.7. The highest BCUT2D eigenvalue weighted by molar-refractivity contribution is 6.35. The molecule has 2 aromatic carbocycles. The number of benzene rings is 2. The number of aromatic nitrogens is 1. The fourth-order valence-corrected chi connectivity index (χ4v) is 4.52. The maximum absolute atomic E-state index is 14.6. The zero-order chi connectivity index (χ0) is 20.1. The molecule has 0 aliphatic carbocycles. The summed E-state index contributed by atoms with van der Waals surface area (Å²) in [6.45, 7) is 3.11. The maximum Gasteiger partial charge on any atom is 0.161 e. The predicted octanol–water partition coefficient (Wildman–Crippen LogP) is 3.58. The van der Waals surface area contributed by atoms with Crippen molar-refractivity contribution in [3.63, 3.8) is 0 Å². The largest absolute Gasteiger partial charge is 0.507 e. The number of nitrogens with zero attached hydrogens (tertiary/aromatic N) is 2. The van der Waals surface area contributed by atoms with Gasteiger partial charge in [-0.3, -0.25) is 0 Å². The highest BCUT2D eigenvalue weighted by Gasteiger charge is 2.33. The number of aromatic hydroxyl groups is 1. The summed E-state index contributed by atoms with van der Waals surface area (Å²) in [6.07, 6.45) is 1.66. The first kappa shape index (κ1) is 18.3. The standard InChI is InChI=1S/C21H19ClFN3O3/c1-28-21-17(18-14(23)3-2-4-15(18)27)13(22)7-12-19(21)25-9-16-20(12)26-6-5-24-8-11(26)10-29-16/h2-4,7,9,11,24,27H,5-6,8,10H2,1H3/t11-/m1/s1. The van der Waals surface area contributed by atoms with Crippen LogP contribution in [0, 0.1) is 5.82 Å². The fourth-order valence-electron chi connectivity index (χ4n) is 4.23. The van der Waals surface area contributed by atoms with Crippen LogP contribution in [0.1, 0.15) is 0 Å². The Morgan fingerprint density at radius 3 is 3.03 bits per heavy atom. The molecule has 0 spiro atoms. The number of halogens is 2. The van der Waals surface area contributed by atoms with Crippen LogP contribution in [0.15, 0.2) is 30.5 Å². The number of nitrogens with one attached hydrogen (secondary N) is 1. The number of anilines is 1. The molecule has 1 aromatic heterocycles. The quantitative estimate of drug-likeness (QED) is 0.667. The number of pyridine rings is 1. The molecule has 0 saturated carbocycles. The average molecular weight is 416 g/mol. The minimum absolute atomic E-state index is 0.00734. The fraction of sp³-hybridized carbons (Fsp3) is 0.286. The zero-order valence-corrected chi connectivity index (χ0v) is 16.5. The van der Waals surface area contributed by atoms with E-state index in [0.29, 0.717) is 23.6 Å². The van der Waals surface area contributed by atoms with Crippen LogP contribution in [0.4, 0.5) is 10.1 Å². The molecule has 1 saturated heterocycles. The third-order valence-electron chi connectivity index (χ3n) is 5.52. The molecule has 6 nitrogen and oxygen atoms in total. The highest BCUT2D eigenvalue weighted by atomic mass is 35.5. The van der Waals surface area contributed by atoms with Crippen LogP contribution in [-0.4, -0.2) is 49.5 Å². The topological polar surface area (TPSA) is 66.8 Å². The van der Waals surface area contributed by atoms with Crippen molar-refractivity contribution in [1.29, 1.82) is 0 Å². The minimum atomic E-state index is -0.590. The molecule has 2 N–H and O–H groups in total. The van der Waals surface area contributed by atoms with E-state index < -0.39 is 5.82 Å². The third kappa shape index (κ3) is 2.76. The van der Waals surface area contributed by atoms with Crippen LogP contribution < -0.4 is 19.7 Å². The molecule has 0 unspecified atom stereocenters. The summed E-state index contributed by atoms with van der Waals surface area (Å²) >= 11 is 6.63. The molecular formula is C21H19ClFN3O3. The van der Waals surface area contributed by atoms with Gasteiger partial charge in [0.1, 0.15) is 23.7 Å². The number of hydrogen-bond acceptors (Lipinski definition) is 6. The van der Waals surface area contributed by atoms with Crippen LogP contribution in [0.25, 0.3) is 22.0 Å². The van der Waals surface area contributed by atoms with Gasteiger partial charge in [0.15, 0.2) is 11.5 Å². The van der Waals surface area contributed by atoms with Gasteiger partial charge in [-0.1, -0.05) is 17.7 Å². The molecule has 1 atom stereocenters. The van der Waals surface area contributed by atoms with E-state index in [2.05, 4.69) is 15.2 Å². The Morgan fingerprint density at radius 2 is 2.24 bits per heavy atom. The van der Waals surface area contributed by atoms with Crippen molar-refractivity contribution >= 4 is 28.2 Å². The van der Waals surface area contributed by atoms with Gasteiger partial charge in [0.25, 0.3) is 0 Å². The van der Waals surface area contributed by atoms with Gasteiger partial charge in [0.05, 0.1) is 41.2 Å². The Balaban J connectivity index is 1.81. The second kappa shape index (κ2) is 6.93. The summed E-state index contributed by atoms with van der Waals surface area (Å²) in [4.78, 5) is 6.84. The molecule has 5 rings (SSSR count). The van der Waals surface area contributed by atoms with E-state index in [-0.39, 0.29) is 27.9 Å². The predicted molar refractivity (Wildman–Crippen MR) is 110 cm³/mol. The van der Waals surface area contributed by atoms with Crippen molar-refractivity contribution < 1.29 is 19.0 Å². The molecule has 2 aliphatic heterocycles. The lowest BCUT2D eigenvalue weighted by atomic mass is 9.98. The smallest absolute Gasteiger partial charge is 0.161 e. The third-order valence-corrected chi connectivity index (χ3v) is 5.82. The normalized spacial score (nSPS) is 18.2. The van der Waals surface area contributed by atoms with Gasteiger partial charge in [-0.2, -0.15) is 0 Å². The van der Waals surface area contributed by atoms with E-state index in [9.17, 15) is 9.50 Å². The first-order chi connectivity index (χ1) is 14.1. The van der Waals surface area contributed by atoms with Crippen molar-refractivity contribution in [1.82, 2.24) is 10.3 Å². The van der Waals surface area contributed by atoms with E-state index in [1.807, 2.05) is 0 Å². The second-order valence-electron chi connectivity index (χ2n) is 7.13. The van der Waals surface area contributed by atoms with Crippen molar-refractivity contribution in [2.45, 2.75) is 6.04 Å². The van der Waals surface area contributed by atoms with Crippen LogP contribution >= 0.6 is 11.6 Å². The summed E-state index contributed by atoms with van der Waals surface area (Å²) in [5, 5.41) is 14.7. The average Bonchev–Trinajstić information content (AvgIpc) is 2.73. The molecule has 8 heteroatoms. The Labute approximate surface area is 171 Å². The maximum atomic E-state index is 14.6. The van der Waals surface area contributed by atoms with Crippen molar-refractivity contribution in [2.75, 3.05) is 38.3 Å². The van der Waals surface area contributed by atoms with Crippen LogP contribution in [0.5, 0.6) is 17.2 Å². The highest BCUT2D eigenvalue weighted by Crippen LogP contribution is 2.49. The van der Waals surface area contributed by atoms with Gasteiger partial charge in [0.2, 0.25) is 0 Å². The van der Waals surface area contributed by atoms with Crippen LogP contribution in [0.2, 0.25) is 5.02 Å². The van der Waals surface area contributed by atoms with Gasteiger partial charge in [0, 0.05) is 25.0 Å². The Morgan fingerprint density at radius 1 is 1.38 bits per heavy atom. The van der Waals surface area contributed by atoms with E-state index >= 15 is 0 Å². The van der Waals surface area contributed by atoms with E-state index in [1.54, 1.807) is 12.3 Å². The number of hydrogen-bond donors (Lipinski definition) is 2. The molecule has 29 heavy (non-hydrogen) atoms. The van der Waals surface area contributed by atoms with E-state index in [4.69, 9.17) is 21.1 Å². The molecule has 0 bridgehead atoms. The first-order valence-electron chi connectivity index (χ1n) is 9.37. The summed E-state index contributed by atoms with van der Waals surface area (Å²) in [6, 6.07) is 6.08. The molecule has 150 valence electrons. The Hall–Kier alpha value is -2.77. The lowest BCUT2D eigenvalue weighted by Crippen LogP contribution is -2.55. The van der Waals surface area contributed by atoms with Gasteiger partial charge in [-0.25, -0.2) is 9.37 Å². The Bertz CT molecular complexity index is 1100. The molecule has 0 radical (unpaired) electrons. The number of rotatable bonds is 2. The molecular weight excluding hydrogens is 397 g/mol. The van der Waals surface area contributed by atoms with Gasteiger partial charge < -0.3 is 24.8 Å². The van der Waals surface area contributed by atoms with Gasteiger partial charge in [-0.05, 0) is 18.2 Å². The van der Waals surface area contributed by atoms with Gasteiger partial charge in [-0.15, -0.1) is 0 Å². The molecule has 0 amide bonds. The molecule has 3 aromatic rings. The number of piperazine rings is 1. The summed E-state index contributed by atoms with van der Waals surface area (Å²) in [7, 11) is 1.48. The monoisotopic (exact) mass is 415 g/mol. The van der Waals surface area contributed by atoms with Gasteiger partial charge >= 0.3 is 0 Å². The van der Waals surface area contributed by atoms with Crippen LogP contribution in [-0.2, 0) is 0 Å². The molecule has 2 aliphatic rings. The lowest BCUT2D eigenvalue weighted by Gasteiger charge is -2.42. The number of phenolic OH excluding ortho intramolecular Hbond substituents is 1. The Kier molecular flexibility index (Phi) is 4.37. The SMILES string of the molecule is COc1c(-c2c(O)cccc2F)c(Cl)cc2c3c(cnc12)OC[C@H]1CNCCN31. The van der Waals surface area contributed by atoms with Crippen molar-refractivity contribution in [3.8, 4) is 28.4 Å². The molecule has 3 heterocycles. The summed E-state index contributed by atoms with van der Waals surface area (Å²) < 4.78 is 26.2. The minimum Gasteiger partial charge on any atom is -0.507 e. The van der Waals surface area contributed by atoms with Crippen molar-refractivity contribution in [2.24, 2.45) is 0 Å². The molecule has 1 fully saturated rings. The number of phenols is 1. The van der Waals surface area contributed by atoms with Crippen molar-refractivity contribution in [3.05, 3.63) is 41.3 Å². The first-order valence-corrected chi connectivity index (χ1v) is 9.75.